The number of hydrogen-bond acceptors (Lipinski definition) is 5. The van der Waals surface area contributed by atoms with Gasteiger partial charge in [-0.15, -0.1) is 0 Å². The predicted molar refractivity (Wildman–Crippen MR) is 88.2 cm³/mol. The van der Waals surface area contributed by atoms with Gasteiger partial charge in [-0.3, -0.25) is 9.78 Å². The van der Waals surface area contributed by atoms with E-state index in [1.807, 2.05) is 31.2 Å². The highest BCUT2D eigenvalue weighted by atomic mass is 16.5. The largest absolute Gasteiger partial charge is 0.493 e. The topological polar surface area (TPSA) is 77.0 Å². The average Bonchev–Trinajstić information content (AvgIpc) is 2.54. The lowest BCUT2D eigenvalue weighted by molar-refractivity contribution is -0.114. The Labute approximate surface area is 133 Å². The van der Waals surface area contributed by atoms with E-state index in [2.05, 4.69) is 20.3 Å². The first-order valence-corrected chi connectivity index (χ1v) is 7.31. The van der Waals surface area contributed by atoms with Gasteiger partial charge in [-0.25, -0.2) is 9.97 Å². The minimum absolute atomic E-state index is 0.178. The molecule has 0 aliphatic rings. The number of amides is 1. The molecule has 1 N–H and O–H groups in total. The van der Waals surface area contributed by atoms with Gasteiger partial charge < -0.3 is 10.1 Å². The molecule has 0 fully saturated rings. The maximum atomic E-state index is 11.2. The lowest BCUT2D eigenvalue weighted by Crippen LogP contribution is -2.07. The highest BCUT2D eigenvalue weighted by molar-refractivity contribution is 5.89. The van der Waals surface area contributed by atoms with Crippen LogP contribution in [0.4, 0.5) is 5.82 Å². The molecule has 0 spiro atoms. The van der Waals surface area contributed by atoms with Gasteiger partial charge in [0.2, 0.25) is 5.91 Å². The van der Waals surface area contributed by atoms with Crippen molar-refractivity contribution >= 4 is 22.9 Å². The minimum atomic E-state index is -0.178. The maximum absolute atomic E-state index is 11.2. The van der Waals surface area contributed by atoms with Gasteiger partial charge >= 0.3 is 0 Å². The van der Waals surface area contributed by atoms with Gasteiger partial charge in [0.05, 0.1) is 18.5 Å². The average molecular weight is 308 g/mol. The van der Waals surface area contributed by atoms with E-state index < -0.39 is 0 Å². The molecule has 2 aromatic heterocycles. The molecule has 2 heterocycles. The van der Waals surface area contributed by atoms with Crippen LogP contribution in [0, 0.1) is 0 Å². The second kappa shape index (κ2) is 6.39. The molecule has 6 nitrogen and oxygen atoms in total. The van der Waals surface area contributed by atoms with Crippen molar-refractivity contribution in [2.75, 3.05) is 11.9 Å². The van der Waals surface area contributed by atoms with Crippen LogP contribution in [0.25, 0.3) is 22.4 Å². The third-order valence-corrected chi connectivity index (χ3v) is 3.17. The van der Waals surface area contributed by atoms with E-state index in [-0.39, 0.29) is 5.91 Å². The Kier molecular flexibility index (Phi) is 4.14. The molecule has 0 bridgehead atoms. The van der Waals surface area contributed by atoms with Gasteiger partial charge in [0.15, 0.2) is 5.65 Å². The summed E-state index contributed by atoms with van der Waals surface area (Å²) < 4.78 is 5.63. The van der Waals surface area contributed by atoms with Crippen LogP contribution < -0.4 is 10.1 Å². The number of hydrogen-bond donors (Lipinski definition) is 1. The molecular weight excluding hydrogens is 292 g/mol. The van der Waals surface area contributed by atoms with E-state index in [9.17, 15) is 4.79 Å². The van der Waals surface area contributed by atoms with Crippen molar-refractivity contribution in [1.82, 2.24) is 15.0 Å². The van der Waals surface area contributed by atoms with E-state index >= 15 is 0 Å². The molecule has 3 aromatic rings. The highest BCUT2D eigenvalue weighted by Crippen LogP contribution is 2.28. The van der Waals surface area contributed by atoms with E-state index in [0.29, 0.717) is 29.3 Å². The van der Waals surface area contributed by atoms with Crippen LogP contribution in [0.5, 0.6) is 5.75 Å². The highest BCUT2D eigenvalue weighted by Gasteiger charge is 2.10. The Morgan fingerprint density at radius 2 is 2.00 bits per heavy atom. The lowest BCUT2D eigenvalue weighted by Gasteiger charge is -2.09. The fraction of sp³-hybridized carbons (Fsp3) is 0.176. The molecule has 1 aromatic carbocycles. The van der Waals surface area contributed by atoms with Gasteiger partial charge in [-0.2, -0.15) is 0 Å². The Hall–Kier alpha value is -3.02. The Morgan fingerprint density at radius 3 is 2.78 bits per heavy atom. The number of carbonyl (C=O) groups excluding carboxylic acids is 1. The monoisotopic (exact) mass is 308 g/mol. The molecule has 1 amide bonds. The van der Waals surface area contributed by atoms with Crippen LogP contribution in [0.2, 0.25) is 0 Å². The van der Waals surface area contributed by atoms with Crippen LogP contribution >= 0.6 is 0 Å². The van der Waals surface area contributed by atoms with E-state index in [1.54, 1.807) is 18.3 Å². The number of fused-ring (bicyclic) bond motifs is 1. The number of carbonyl (C=O) groups is 1. The molecule has 0 saturated carbocycles. The molecule has 23 heavy (non-hydrogen) atoms. The number of ether oxygens (including phenoxy) is 1. The SMILES string of the molecule is CCOc1ccccc1-c1cnc2ccc(NC(C)=O)nc2n1. The van der Waals surface area contributed by atoms with Gasteiger partial charge in [0.1, 0.15) is 17.1 Å². The van der Waals surface area contributed by atoms with Crippen LogP contribution in [0.1, 0.15) is 13.8 Å². The van der Waals surface area contributed by atoms with Gasteiger partial charge in [-0.1, -0.05) is 12.1 Å². The smallest absolute Gasteiger partial charge is 0.222 e. The number of aromatic nitrogens is 3. The lowest BCUT2D eigenvalue weighted by atomic mass is 10.1. The third-order valence-electron chi connectivity index (χ3n) is 3.17. The summed E-state index contributed by atoms with van der Waals surface area (Å²) >= 11 is 0. The van der Waals surface area contributed by atoms with Crippen molar-refractivity contribution in [1.29, 1.82) is 0 Å². The van der Waals surface area contributed by atoms with Crippen LogP contribution in [-0.2, 0) is 4.79 Å². The van der Waals surface area contributed by atoms with Gasteiger partial charge in [0.25, 0.3) is 0 Å². The van der Waals surface area contributed by atoms with E-state index in [0.717, 1.165) is 11.3 Å². The van der Waals surface area contributed by atoms with E-state index in [4.69, 9.17) is 4.74 Å². The van der Waals surface area contributed by atoms with Crippen LogP contribution in [-0.4, -0.2) is 27.5 Å². The molecule has 116 valence electrons. The summed E-state index contributed by atoms with van der Waals surface area (Å²) in [6.45, 7) is 3.94. The first-order valence-electron chi connectivity index (χ1n) is 7.31. The standard InChI is InChI=1S/C17H16N4O2/c1-3-23-15-7-5-4-6-12(15)14-10-18-13-8-9-16(19-11(2)22)21-17(13)20-14/h4-10H,3H2,1-2H3,(H,19,20,21,22). The predicted octanol–water partition coefficient (Wildman–Crippen LogP) is 3.05. The van der Waals surface area contributed by atoms with Crippen molar-refractivity contribution in [3.05, 3.63) is 42.6 Å². The molecule has 0 aliphatic carbocycles. The van der Waals surface area contributed by atoms with Gasteiger partial charge in [0, 0.05) is 12.5 Å². The number of rotatable bonds is 4. The quantitative estimate of drug-likeness (QED) is 0.801. The van der Waals surface area contributed by atoms with Crippen LogP contribution in [0.3, 0.4) is 0 Å². The normalized spacial score (nSPS) is 10.5. The van der Waals surface area contributed by atoms with Crippen molar-refractivity contribution in [3.63, 3.8) is 0 Å². The molecular formula is C17H16N4O2. The van der Waals surface area contributed by atoms with Crippen molar-refractivity contribution < 1.29 is 9.53 Å². The summed E-state index contributed by atoms with van der Waals surface area (Å²) in [6.07, 6.45) is 1.69. The first kappa shape index (κ1) is 14.9. The fourth-order valence-corrected chi connectivity index (χ4v) is 2.24. The number of pyridine rings is 1. The molecule has 0 saturated heterocycles. The number of para-hydroxylation sites is 1. The van der Waals surface area contributed by atoms with E-state index in [1.165, 1.54) is 6.92 Å². The fourth-order valence-electron chi connectivity index (χ4n) is 2.24. The number of nitrogens with zero attached hydrogens (tertiary/aromatic N) is 3. The third kappa shape index (κ3) is 3.26. The summed E-state index contributed by atoms with van der Waals surface area (Å²) in [4.78, 5) is 24.4. The summed E-state index contributed by atoms with van der Waals surface area (Å²) in [7, 11) is 0. The zero-order valence-corrected chi connectivity index (χ0v) is 12.9. The molecule has 3 rings (SSSR count). The molecule has 6 heteroatoms. The number of benzene rings is 1. The first-order chi connectivity index (χ1) is 11.2. The Bertz CT molecular complexity index is 864. The zero-order chi connectivity index (χ0) is 16.2. The summed E-state index contributed by atoms with van der Waals surface area (Å²) in [6, 6.07) is 11.1. The second-order valence-corrected chi connectivity index (χ2v) is 4.90. The van der Waals surface area contributed by atoms with Crippen molar-refractivity contribution in [2.24, 2.45) is 0 Å². The number of nitrogens with one attached hydrogen (secondary N) is 1. The Balaban J connectivity index is 2.07. The molecule has 0 atom stereocenters. The number of anilines is 1. The Morgan fingerprint density at radius 1 is 1.17 bits per heavy atom. The molecule has 0 radical (unpaired) electrons. The van der Waals surface area contributed by atoms with Gasteiger partial charge in [-0.05, 0) is 31.2 Å². The second-order valence-electron chi connectivity index (χ2n) is 4.90. The molecule has 0 unspecified atom stereocenters. The molecule has 0 aliphatic heterocycles. The van der Waals surface area contributed by atoms with Crippen molar-refractivity contribution in [2.45, 2.75) is 13.8 Å². The summed E-state index contributed by atoms with van der Waals surface area (Å²) in [5.41, 5.74) is 2.67. The van der Waals surface area contributed by atoms with Crippen molar-refractivity contribution in [3.8, 4) is 17.0 Å². The maximum Gasteiger partial charge on any atom is 0.222 e. The zero-order valence-electron chi connectivity index (χ0n) is 12.9. The summed E-state index contributed by atoms with van der Waals surface area (Å²) in [5, 5.41) is 2.65. The van der Waals surface area contributed by atoms with Crippen LogP contribution in [0.15, 0.2) is 42.6 Å². The minimum Gasteiger partial charge on any atom is -0.493 e. The summed E-state index contributed by atoms with van der Waals surface area (Å²) in [5.74, 6) is 1.03.